The molecule has 0 amide bonds. The molecule has 9 aromatic rings. The predicted octanol–water partition coefficient (Wildman–Crippen LogP) is 12.2. The summed E-state index contributed by atoms with van der Waals surface area (Å²) < 4.78 is 43.0. The maximum absolute atomic E-state index is 12.7. The number of fused-ring (bicyclic) bond motifs is 5. The molecule has 0 N–H and O–H groups in total. The number of halogens is 1. The van der Waals surface area contributed by atoms with Crippen LogP contribution in [-0.4, -0.2) is 19.5 Å². The largest absolute Gasteiger partial charge is 0.501 e. The molecule has 0 saturated carbocycles. The Kier molecular flexibility index (Phi) is 9.02. The Morgan fingerprint density at radius 2 is 1.55 bits per heavy atom. The number of pyridine rings is 2. The third kappa shape index (κ3) is 6.79. The van der Waals surface area contributed by atoms with Gasteiger partial charge in [0.05, 0.1) is 22.4 Å². The number of nitrogens with zero attached hydrogens (tertiary/aromatic N) is 4. The van der Waals surface area contributed by atoms with E-state index in [9.17, 15) is 4.39 Å². The van der Waals surface area contributed by atoms with Gasteiger partial charge in [-0.2, -0.15) is 0 Å². The minimum absolute atomic E-state index is 0. The van der Waals surface area contributed by atoms with Gasteiger partial charge in [-0.3, -0.25) is 9.37 Å². The van der Waals surface area contributed by atoms with Crippen molar-refractivity contribution < 1.29 is 33.0 Å². The SMILES string of the molecule is CC(C)c1cccc(C(C)C)c1-n1c(-c2[c-]ccc3c2oc2ccccc23)nc2cc3ccccc3nc21.[2H]C([2H])([2H])c1ccc(-c2[c-]cc(F)cc2)nc1.[Ir]. The molecule has 0 spiro atoms. The van der Waals surface area contributed by atoms with Crippen LogP contribution in [0.4, 0.5) is 4.39 Å². The molecule has 4 heterocycles. The maximum Gasteiger partial charge on any atom is 0.156 e. The van der Waals surface area contributed by atoms with E-state index in [2.05, 4.69) is 97.9 Å². The second kappa shape index (κ2) is 14.9. The summed E-state index contributed by atoms with van der Waals surface area (Å²) in [7, 11) is 0. The number of benzene rings is 5. The first-order valence-corrected chi connectivity index (χ1v) is 17.4. The van der Waals surface area contributed by atoms with E-state index in [1.54, 1.807) is 12.1 Å². The Hall–Kier alpha value is -5.49. The molecule has 0 fully saturated rings. The van der Waals surface area contributed by atoms with E-state index in [-0.39, 0.29) is 31.5 Å². The van der Waals surface area contributed by atoms with Crippen molar-refractivity contribution in [1.29, 1.82) is 0 Å². The number of aryl methyl sites for hydroxylation is 1. The average molecular weight is 876 g/mol. The quantitative estimate of drug-likeness (QED) is 0.162. The van der Waals surface area contributed by atoms with Gasteiger partial charge in [0, 0.05) is 52.7 Å². The summed E-state index contributed by atoms with van der Waals surface area (Å²) >= 11 is 0. The van der Waals surface area contributed by atoms with Crippen molar-refractivity contribution in [1.82, 2.24) is 19.5 Å². The van der Waals surface area contributed by atoms with Crippen LogP contribution < -0.4 is 0 Å². The molecule has 0 bridgehead atoms. The van der Waals surface area contributed by atoms with Crippen molar-refractivity contribution in [3.8, 4) is 28.3 Å². The third-order valence-electron chi connectivity index (χ3n) is 9.28. The van der Waals surface area contributed by atoms with E-state index in [1.807, 2.05) is 36.4 Å². The van der Waals surface area contributed by atoms with Gasteiger partial charge in [-0.25, -0.2) is 4.98 Å². The van der Waals surface area contributed by atoms with Gasteiger partial charge in [-0.15, -0.1) is 48.0 Å². The summed E-state index contributed by atoms with van der Waals surface area (Å²) in [6.45, 7) is 6.83. The van der Waals surface area contributed by atoms with E-state index >= 15 is 0 Å². The molecule has 5 nitrogen and oxygen atoms in total. The van der Waals surface area contributed by atoms with Crippen molar-refractivity contribution in [3.05, 3.63) is 156 Å². The fourth-order valence-corrected chi connectivity index (χ4v) is 6.73. The molecule has 4 aromatic heterocycles. The van der Waals surface area contributed by atoms with Gasteiger partial charge in [0.2, 0.25) is 0 Å². The number of hydrogen-bond acceptors (Lipinski definition) is 4. The Labute approximate surface area is 326 Å². The molecule has 0 aliphatic carbocycles. The summed E-state index contributed by atoms with van der Waals surface area (Å²) in [6, 6.07) is 42.6. The fourth-order valence-electron chi connectivity index (χ4n) is 6.73. The van der Waals surface area contributed by atoms with Gasteiger partial charge in [0.25, 0.3) is 0 Å². The van der Waals surface area contributed by atoms with Gasteiger partial charge >= 0.3 is 0 Å². The van der Waals surface area contributed by atoms with Crippen molar-refractivity contribution in [2.75, 3.05) is 0 Å². The summed E-state index contributed by atoms with van der Waals surface area (Å²) in [6.07, 6.45) is 1.31. The van der Waals surface area contributed by atoms with Crippen LogP contribution in [0.25, 0.3) is 72.3 Å². The Morgan fingerprint density at radius 1 is 0.774 bits per heavy atom. The average Bonchev–Trinajstić information content (AvgIpc) is 3.75. The molecule has 53 heavy (non-hydrogen) atoms. The fraction of sp³-hybridized carbons (Fsp3) is 0.152. The smallest absolute Gasteiger partial charge is 0.156 e. The third-order valence-corrected chi connectivity index (χ3v) is 9.28. The molecule has 7 heteroatoms. The van der Waals surface area contributed by atoms with E-state index < -0.39 is 6.85 Å². The molecule has 265 valence electrons. The maximum atomic E-state index is 12.7. The topological polar surface area (TPSA) is 56.7 Å². The van der Waals surface area contributed by atoms with Crippen LogP contribution in [0.3, 0.4) is 0 Å². The summed E-state index contributed by atoms with van der Waals surface area (Å²) in [5.41, 5.74) is 10.2. The standard InChI is InChI=1S/C34H28N3O.C12H9FN.Ir/c1-20(2)23-13-9-14-24(21(3)4)31(23)37-33(36-29-19-22-11-5-7-17-28(22)35-34(29)37)27-16-10-15-26-25-12-6-8-18-30(25)38-32(26)27;1-9-2-7-12(14-8-9)10-3-5-11(13)6-4-10;/h5-15,17-21H,1-4H3;2-3,5-8H,1H3;/q2*-1;/i;1D3;. The summed E-state index contributed by atoms with van der Waals surface area (Å²) in [5, 5.41) is 3.23. The van der Waals surface area contributed by atoms with Crippen molar-refractivity contribution >= 4 is 44.0 Å². The number of para-hydroxylation sites is 3. The van der Waals surface area contributed by atoms with Gasteiger partial charge < -0.3 is 14.0 Å². The Bertz CT molecular complexity index is 2800. The first kappa shape index (κ1) is 32.2. The second-order valence-electron chi connectivity index (χ2n) is 13.4. The minimum atomic E-state index is -2.15. The van der Waals surface area contributed by atoms with Gasteiger partial charge in [-0.05, 0) is 59.3 Å². The molecule has 0 aliphatic rings. The van der Waals surface area contributed by atoms with Crippen LogP contribution in [0.15, 0.2) is 126 Å². The zero-order chi connectivity index (χ0) is 38.4. The van der Waals surface area contributed by atoms with Gasteiger partial charge in [-0.1, -0.05) is 105 Å². The molecule has 0 atom stereocenters. The van der Waals surface area contributed by atoms with Crippen LogP contribution in [0.1, 0.15) is 60.3 Å². The van der Waals surface area contributed by atoms with Gasteiger partial charge in [0.15, 0.2) is 5.65 Å². The molecule has 9 rings (SSSR count). The normalized spacial score (nSPS) is 12.5. The van der Waals surface area contributed by atoms with Crippen molar-refractivity contribution in [2.45, 2.75) is 46.4 Å². The molecular formula is C46H37FIrN4O-2. The van der Waals surface area contributed by atoms with Gasteiger partial charge in [0.1, 0.15) is 5.58 Å². The van der Waals surface area contributed by atoms with Crippen LogP contribution in [0, 0.1) is 24.8 Å². The minimum Gasteiger partial charge on any atom is -0.501 e. The number of rotatable bonds is 5. The van der Waals surface area contributed by atoms with E-state index in [0.717, 1.165) is 61.1 Å². The first-order valence-electron chi connectivity index (χ1n) is 18.9. The zero-order valence-corrected chi connectivity index (χ0v) is 32.0. The van der Waals surface area contributed by atoms with Crippen LogP contribution in [0.5, 0.6) is 0 Å². The number of furan rings is 1. The number of aromatic nitrogens is 4. The summed E-state index contributed by atoms with van der Waals surface area (Å²) in [4.78, 5) is 14.5. The molecule has 0 saturated heterocycles. The van der Waals surface area contributed by atoms with Crippen LogP contribution >= 0.6 is 0 Å². The van der Waals surface area contributed by atoms with Crippen LogP contribution in [-0.2, 0) is 20.1 Å². The molecular weight excluding hydrogens is 836 g/mol. The van der Waals surface area contributed by atoms with Crippen LogP contribution in [0.2, 0.25) is 0 Å². The van der Waals surface area contributed by atoms with Crippen molar-refractivity contribution in [2.24, 2.45) is 0 Å². The van der Waals surface area contributed by atoms with E-state index in [0.29, 0.717) is 23.1 Å². The predicted molar refractivity (Wildman–Crippen MR) is 209 cm³/mol. The number of hydrogen-bond donors (Lipinski definition) is 0. The first-order chi connectivity index (χ1) is 26.5. The van der Waals surface area contributed by atoms with E-state index in [4.69, 9.17) is 18.5 Å². The second-order valence-corrected chi connectivity index (χ2v) is 13.4. The monoisotopic (exact) mass is 876 g/mol. The molecule has 1 radical (unpaired) electrons. The zero-order valence-electron chi connectivity index (χ0n) is 32.6. The molecule has 0 aliphatic heterocycles. The van der Waals surface area contributed by atoms with E-state index in [1.165, 1.54) is 35.5 Å². The number of imidazole rings is 1. The molecule has 0 unspecified atom stereocenters. The Morgan fingerprint density at radius 3 is 2.26 bits per heavy atom. The molecule has 5 aromatic carbocycles. The Balaban J connectivity index is 0.000000225. The summed E-state index contributed by atoms with van der Waals surface area (Å²) in [5.74, 6) is 1.07. The van der Waals surface area contributed by atoms with Crippen molar-refractivity contribution in [3.63, 3.8) is 0 Å².